The second kappa shape index (κ2) is 23.8. The summed E-state index contributed by atoms with van der Waals surface area (Å²) < 4.78 is 65.5. The maximum absolute atomic E-state index is 12.7. The third-order valence-corrected chi connectivity index (χ3v) is 16.0. The molecule has 5 aromatic rings. The van der Waals surface area contributed by atoms with Crippen molar-refractivity contribution in [2.75, 3.05) is 0 Å². The quantitative estimate of drug-likeness (QED) is 0.0524. The molecule has 71 heavy (non-hydrogen) atoms. The lowest BCUT2D eigenvalue weighted by molar-refractivity contribution is -0.0500. The highest BCUT2D eigenvalue weighted by Crippen LogP contribution is 2.43. The average Bonchev–Trinajstić information content (AvgIpc) is 3.35. The Hall–Kier alpha value is -5.49. The smallest absolute Gasteiger partial charge is 0.478 e. The Bertz CT molecular complexity index is 2790. The van der Waals surface area contributed by atoms with Gasteiger partial charge in [0.1, 0.15) is 5.75 Å². The molecule has 7 nitrogen and oxygen atoms in total. The van der Waals surface area contributed by atoms with Gasteiger partial charge in [-0.1, -0.05) is 159 Å². The maximum Gasteiger partial charge on any atom is 0.534 e. The molecule has 0 spiro atoms. The number of hydrogen-bond donors (Lipinski definition) is 3. The third-order valence-electron chi connectivity index (χ3n) is 15.1. The zero-order valence-electron chi connectivity index (χ0n) is 43.7. The van der Waals surface area contributed by atoms with Gasteiger partial charge in [0.25, 0.3) is 0 Å². The Kier molecular flexibility index (Phi) is 19.5. The molecule has 384 valence electrons. The summed E-state index contributed by atoms with van der Waals surface area (Å²) in [6, 6.07) is 31.2. The number of alkyl halides is 3. The minimum atomic E-state index is -5.74. The van der Waals surface area contributed by atoms with Crippen LogP contribution in [-0.2, 0) is 20.9 Å². The summed E-state index contributed by atoms with van der Waals surface area (Å²) >= 11 is 0. The molecule has 0 radical (unpaired) electrons. The number of rotatable bonds is 20. The fraction of sp³-hybridized carbons (Fsp3) is 0.417. The number of carboxylic acids is 1. The van der Waals surface area contributed by atoms with Crippen molar-refractivity contribution in [3.05, 3.63) is 170 Å². The minimum absolute atomic E-state index is 0.118. The number of carboxylic acid groups (broad SMARTS) is 1. The number of aliphatic hydroxyl groups is 2. The number of aromatic carboxylic acids is 1. The molecule has 5 aromatic carbocycles. The molecule has 0 aliphatic rings. The molecular formula is C60H75F3O7S. The van der Waals surface area contributed by atoms with E-state index in [2.05, 4.69) is 80.4 Å². The molecule has 0 bridgehead atoms. The number of benzene rings is 5. The first-order chi connectivity index (χ1) is 33.3. The molecule has 0 heterocycles. The van der Waals surface area contributed by atoms with Crippen LogP contribution >= 0.6 is 0 Å². The van der Waals surface area contributed by atoms with Crippen LogP contribution in [0.15, 0.2) is 109 Å². The molecule has 0 saturated heterocycles. The van der Waals surface area contributed by atoms with Crippen molar-refractivity contribution >= 4 is 28.2 Å². The van der Waals surface area contributed by atoms with Crippen LogP contribution in [0.4, 0.5) is 13.2 Å². The minimum Gasteiger partial charge on any atom is -0.478 e. The first-order valence-electron chi connectivity index (χ1n) is 24.9. The van der Waals surface area contributed by atoms with E-state index in [1.165, 1.54) is 29.7 Å². The van der Waals surface area contributed by atoms with Crippen LogP contribution in [0.5, 0.6) is 5.75 Å². The van der Waals surface area contributed by atoms with Crippen LogP contribution in [-0.4, -0.2) is 46.4 Å². The van der Waals surface area contributed by atoms with Gasteiger partial charge in [-0.25, -0.2) is 4.79 Å². The molecular weight excluding hydrogens is 922 g/mol. The number of aryl methyl sites for hydroxylation is 4. The van der Waals surface area contributed by atoms with E-state index in [1.54, 1.807) is 30.3 Å². The van der Waals surface area contributed by atoms with Crippen LogP contribution in [0.2, 0.25) is 0 Å². The molecule has 3 N–H and O–H groups in total. The van der Waals surface area contributed by atoms with Crippen molar-refractivity contribution < 1.29 is 45.9 Å². The standard InChI is InChI=1S/C33H40O3.C27H35F3O4S/c1-7-32(36,8-2)19-18-25-14-15-28(20-23(25)5)33(9-3,10-4)29-16-17-30(24(6)21-29)26-12-11-13-27(22-26)31(34)35;1-7-25(31,8-2)16-15-21-11-12-22(17-19(21)5)26(9-3,10-4)23-13-14-24(20(6)18-23)34-35(32,33)27(28,29)30/h11-22,36H,7-10H2,1-6H3,(H,34,35);11-18,31H,7-10H2,1-6H3/b19-18+;16-15+. The molecule has 0 fully saturated rings. The Morgan fingerprint density at radius 2 is 0.930 bits per heavy atom. The Balaban J connectivity index is 0.000000309. The molecule has 5 rings (SSSR count). The van der Waals surface area contributed by atoms with Gasteiger partial charge in [0.05, 0.1) is 16.8 Å². The second-order valence-corrected chi connectivity index (χ2v) is 20.4. The number of hydrogen-bond acceptors (Lipinski definition) is 6. The van der Waals surface area contributed by atoms with Crippen LogP contribution in [0.25, 0.3) is 23.3 Å². The lowest BCUT2D eigenvalue weighted by Gasteiger charge is -2.34. The summed E-state index contributed by atoms with van der Waals surface area (Å²) in [6.07, 6.45) is 13.8. The van der Waals surface area contributed by atoms with Crippen molar-refractivity contribution in [1.29, 1.82) is 0 Å². The van der Waals surface area contributed by atoms with E-state index in [-0.39, 0.29) is 11.2 Å². The Morgan fingerprint density at radius 1 is 0.535 bits per heavy atom. The highest BCUT2D eigenvalue weighted by Gasteiger charge is 2.49. The molecule has 0 aliphatic carbocycles. The lowest BCUT2D eigenvalue weighted by atomic mass is 9.69. The third kappa shape index (κ3) is 13.1. The van der Waals surface area contributed by atoms with Crippen molar-refractivity contribution in [3.8, 4) is 16.9 Å². The lowest BCUT2D eigenvalue weighted by Crippen LogP contribution is -2.29. The van der Waals surface area contributed by atoms with Crippen molar-refractivity contribution in [1.82, 2.24) is 0 Å². The zero-order valence-corrected chi connectivity index (χ0v) is 44.5. The molecule has 0 amide bonds. The van der Waals surface area contributed by atoms with Crippen molar-refractivity contribution in [2.45, 2.75) is 162 Å². The highest BCUT2D eigenvalue weighted by molar-refractivity contribution is 7.88. The molecule has 0 aliphatic heterocycles. The normalized spacial score (nSPS) is 12.9. The summed E-state index contributed by atoms with van der Waals surface area (Å²) in [5, 5.41) is 30.6. The first-order valence-corrected chi connectivity index (χ1v) is 26.3. The largest absolute Gasteiger partial charge is 0.534 e. The van der Waals surface area contributed by atoms with Gasteiger partial charge >= 0.3 is 21.6 Å². The van der Waals surface area contributed by atoms with Gasteiger partial charge in [-0.2, -0.15) is 21.6 Å². The molecule has 0 atom stereocenters. The van der Waals surface area contributed by atoms with E-state index >= 15 is 0 Å². The number of carbonyl (C=O) groups is 1. The topological polar surface area (TPSA) is 121 Å². The summed E-state index contributed by atoms with van der Waals surface area (Å²) in [5.74, 6) is -1.26. The fourth-order valence-electron chi connectivity index (χ4n) is 9.56. The van der Waals surface area contributed by atoms with Crippen molar-refractivity contribution in [2.24, 2.45) is 0 Å². The average molecular weight is 997 g/mol. The van der Waals surface area contributed by atoms with E-state index in [9.17, 15) is 41.7 Å². The van der Waals surface area contributed by atoms with E-state index < -0.39 is 38.2 Å². The maximum atomic E-state index is 12.7. The van der Waals surface area contributed by atoms with Gasteiger partial charge in [-0.05, 0) is 164 Å². The van der Waals surface area contributed by atoms with Gasteiger partial charge in [0.2, 0.25) is 0 Å². The monoisotopic (exact) mass is 997 g/mol. The zero-order chi connectivity index (χ0) is 53.2. The molecule has 0 unspecified atom stereocenters. The second-order valence-electron chi connectivity index (χ2n) is 18.9. The predicted octanol–water partition coefficient (Wildman–Crippen LogP) is 15.5. The van der Waals surface area contributed by atoms with Gasteiger partial charge < -0.3 is 19.5 Å². The van der Waals surface area contributed by atoms with E-state index in [1.807, 2.05) is 84.9 Å². The van der Waals surface area contributed by atoms with Crippen LogP contribution < -0.4 is 4.18 Å². The van der Waals surface area contributed by atoms with Gasteiger partial charge in [0, 0.05) is 10.8 Å². The fourth-order valence-corrected chi connectivity index (χ4v) is 10.1. The van der Waals surface area contributed by atoms with Gasteiger partial charge in [-0.15, -0.1) is 0 Å². The Labute approximate surface area is 421 Å². The predicted molar refractivity (Wildman–Crippen MR) is 285 cm³/mol. The molecule has 0 aromatic heterocycles. The summed E-state index contributed by atoms with van der Waals surface area (Å²) in [7, 11) is -5.74. The van der Waals surface area contributed by atoms with Crippen molar-refractivity contribution in [3.63, 3.8) is 0 Å². The molecule has 0 saturated carbocycles. The van der Waals surface area contributed by atoms with Crippen LogP contribution in [0.3, 0.4) is 0 Å². The first kappa shape index (κ1) is 58.1. The summed E-state index contributed by atoms with van der Waals surface area (Å²) in [6.45, 7) is 24.3. The van der Waals surface area contributed by atoms with Crippen LogP contribution in [0, 0.1) is 27.7 Å². The van der Waals surface area contributed by atoms with Gasteiger partial charge in [0.15, 0.2) is 0 Å². The van der Waals surface area contributed by atoms with E-state index in [0.29, 0.717) is 36.8 Å². The highest BCUT2D eigenvalue weighted by atomic mass is 32.2. The number of halogens is 3. The summed E-state index contributed by atoms with van der Waals surface area (Å²) in [5.41, 5.74) is 4.91. The van der Waals surface area contributed by atoms with Crippen LogP contribution in [0.1, 0.15) is 173 Å². The summed E-state index contributed by atoms with van der Waals surface area (Å²) in [4.78, 5) is 11.4. The molecule has 11 heteroatoms. The SMILES string of the molecule is CCC(O)(/C=C/c1ccc(C(CC)(CC)c2ccc(-c3cccc(C(=O)O)c3)c(C)c2)cc1C)CC.CCC(O)(/C=C/c1ccc(C(CC)(CC)c2ccc(OS(=O)(=O)C(F)(F)F)c(C)c2)cc1C)CC. The Morgan fingerprint density at radius 3 is 1.28 bits per heavy atom. The van der Waals surface area contributed by atoms with Gasteiger partial charge in [-0.3, -0.25) is 0 Å². The van der Waals surface area contributed by atoms with E-state index in [4.69, 9.17) is 0 Å². The van der Waals surface area contributed by atoms with E-state index in [0.717, 1.165) is 70.2 Å².